The number of carbonyl (C=O) groups is 2. The predicted molar refractivity (Wildman–Crippen MR) is 49.6 cm³/mol. The molecule has 76 valence electrons. The van der Waals surface area contributed by atoms with Gasteiger partial charge >= 0.3 is 6.09 Å². The van der Waals surface area contributed by atoms with Gasteiger partial charge in [-0.2, -0.15) is 0 Å². The molecule has 0 aliphatic rings. The highest BCUT2D eigenvalue weighted by atomic mass is 16.5. The summed E-state index contributed by atoms with van der Waals surface area (Å²) in [5, 5.41) is 2.56. The first-order valence-electron chi connectivity index (χ1n) is 4.65. The quantitative estimate of drug-likeness (QED) is 0.485. The molecule has 0 aromatic heterocycles. The Morgan fingerprint density at radius 2 is 2.23 bits per heavy atom. The van der Waals surface area contributed by atoms with Gasteiger partial charge in [0, 0.05) is 13.0 Å². The van der Waals surface area contributed by atoms with E-state index in [4.69, 9.17) is 4.74 Å². The van der Waals surface area contributed by atoms with E-state index in [-0.39, 0.29) is 6.09 Å². The lowest BCUT2D eigenvalue weighted by atomic mass is 10.3. The summed E-state index contributed by atoms with van der Waals surface area (Å²) in [5.74, 6) is 0. The zero-order chi connectivity index (χ0) is 9.94. The fourth-order valence-corrected chi connectivity index (χ4v) is 0.736. The molecular weight excluding hydrogens is 170 g/mol. The van der Waals surface area contributed by atoms with Crippen LogP contribution in [0, 0.1) is 0 Å². The average Bonchev–Trinajstić information content (AvgIpc) is 2.13. The van der Waals surface area contributed by atoms with Crippen molar-refractivity contribution in [3.8, 4) is 0 Å². The van der Waals surface area contributed by atoms with Gasteiger partial charge < -0.3 is 14.8 Å². The van der Waals surface area contributed by atoms with Crippen molar-refractivity contribution in [3.63, 3.8) is 0 Å². The van der Waals surface area contributed by atoms with Crippen LogP contribution >= 0.6 is 0 Å². The number of amides is 1. The van der Waals surface area contributed by atoms with E-state index in [1.807, 2.05) is 6.92 Å². The Labute approximate surface area is 78.6 Å². The van der Waals surface area contributed by atoms with Gasteiger partial charge in [-0.15, -0.1) is 0 Å². The van der Waals surface area contributed by atoms with E-state index < -0.39 is 0 Å². The highest BCUT2D eigenvalue weighted by Crippen LogP contribution is 1.88. The Balaban J connectivity index is 3.15. The van der Waals surface area contributed by atoms with Gasteiger partial charge in [0.25, 0.3) is 0 Å². The number of rotatable bonds is 7. The second-order valence-electron chi connectivity index (χ2n) is 2.73. The summed E-state index contributed by atoms with van der Waals surface area (Å²) < 4.78 is 4.82. The Morgan fingerprint density at radius 1 is 1.46 bits per heavy atom. The van der Waals surface area contributed by atoms with Crippen LogP contribution in [-0.2, 0) is 9.53 Å². The zero-order valence-corrected chi connectivity index (χ0v) is 8.04. The molecule has 0 unspecified atom stereocenters. The second-order valence-corrected chi connectivity index (χ2v) is 2.73. The monoisotopic (exact) mass is 187 g/mol. The Kier molecular flexibility index (Phi) is 8.30. The minimum absolute atomic E-state index is 0.389. The molecule has 0 aliphatic carbocycles. The molecule has 0 atom stereocenters. The summed E-state index contributed by atoms with van der Waals surface area (Å²) in [5.41, 5.74) is 0. The van der Waals surface area contributed by atoms with E-state index in [2.05, 4.69) is 5.32 Å². The third kappa shape index (κ3) is 8.85. The molecule has 0 rings (SSSR count). The number of ether oxygens (including phenoxy) is 1. The van der Waals surface area contributed by atoms with E-state index in [1.165, 1.54) is 0 Å². The van der Waals surface area contributed by atoms with Crippen LogP contribution in [0.5, 0.6) is 0 Å². The van der Waals surface area contributed by atoms with Crippen LogP contribution in [0.25, 0.3) is 0 Å². The van der Waals surface area contributed by atoms with Crippen LogP contribution in [0.2, 0.25) is 0 Å². The summed E-state index contributed by atoms with van der Waals surface area (Å²) in [6.45, 7) is 3.01. The van der Waals surface area contributed by atoms with Crippen molar-refractivity contribution in [2.75, 3.05) is 13.2 Å². The largest absolute Gasteiger partial charge is 0.450 e. The first-order chi connectivity index (χ1) is 6.31. The fourth-order valence-electron chi connectivity index (χ4n) is 0.736. The van der Waals surface area contributed by atoms with Crippen molar-refractivity contribution < 1.29 is 14.3 Å². The lowest BCUT2D eigenvalue weighted by molar-refractivity contribution is -0.107. The lowest BCUT2D eigenvalue weighted by Gasteiger charge is -2.04. The van der Waals surface area contributed by atoms with Crippen LogP contribution in [0.4, 0.5) is 4.79 Å². The third-order valence-electron chi connectivity index (χ3n) is 1.50. The SMILES string of the molecule is CCCCOC(=O)NCCCC=O. The van der Waals surface area contributed by atoms with Gasteiger partial charge in [-0.3, -0.25) is 0 Å². The maximum Gasteiger partial charge on any atom is 0.407 e. The molecular formula is C9H17NO3. The fraction of sp³-hybridized carbons (Fsp3) is 0.778. The molecule has 0 saturated carbocycles. The highest BCUT2D eigenvalue weighted by Gasteiger charge is 1.98. The number of unbranched alkanes of at least 4 members (excludes halogenated alkanes) is 2. The third-order valence-corrected chi connectivity index (χ3v) is 1.50. The van der Waals surface area contributed by atoms with E-state index >= 15 is 0 Å². The standard InChI is InChI=1S/C9H17NO3/c1-2-3-8-13-9(12)10-6-4-5-7-11/h7H,2-6,8H2,1H3,(H,10,12). The van der Waals surface area contributed by atoms with Crippen molar-refractivity contribution >= 4 is 12.4 Å². The molecule has 0 aromatic rings. The summed E-state index contributed by atoms with van der Waals surface area (Å²) in [4.78, 5) is 20.8. The summed E-state index contributed by atoms with van der Waals surface area (Å²) >= 11 is 0. The molecule has 1 N–H and O–H groups in total. The first kappa shape index (κ1) is 11.9. The topological polar surface area (TPSA) is 55.4 Å². The molecule has 0 saturated heterocycles. The van der Waals surface area contributed by atoms with Crippen molar-refractivity contribution in [2.45, 2.75) is 32.6 Å². The minimum Gasteiger partial charge on any atom is -0.450 e. The number of hydrogen-bond acceptors (Lipinski definition) is 3. The second kappa shape index (κ2) is 9.03. The van der Waals surface area contributed by atoms with Crippen LogP contribution in [0.1, 0.15) is 32.6 Å². The number of hydrogen-bond donors (Lipinski definition) is 1. The van der Waals surface area contributed by atoms with E-state index in [0.717, 1.165) is 19.1 Å². The summed E-state index contributed by atoms with van der Waals surface area (Å²) in [6.07, 6.45) is 3.51. The van der Waals surface area contributed by atoms with Gasteiger partial charge in [0.05, 0.1) is 6.61 Å². The zero-order valence-electron chi connectivity index (χ0n) is 8.04. The number of aldehydes is 1. The average molecular weight is 187 g/mol. The molecule has 0 spiro atoms. The van der Waals surface area contributed by atoms with E-state index in [9.17, 15) is 9.59 Å². The van der Waals surface area contributed by atoms with Crippen molar-refractivity contribution in [1.29, 1.82) is 0 Å². The molecule has 4 nitrogen and oxygen atoms in total. The van der Waals surface area contributed by atoms with Crippen molar-refractivity contribution in [1.82, 2.24) is 5.32 Å². The van der Waals surface area contributed by atoms with E-state index in [0.29, 0.717) is 26.0 Å². The van der Waals surface area contributed by atoms with Crippen LogP contribution in [-0.4, -0.2) is 25.5 Å². The smallest absolute Gasteiger partial charge is 0.407 e. The molecule has 0 bridgehead atoms. The van der Waals surface area contributed by atoms with Crippen LogP contribution < -0.4 is 5.32 Å². The van der Waals surface area contributed by atoms with E-state index in [1.54, 1.807) is 0 Å². The van der Waals surface area contributed by atoms with Crippen molar-refractivity contribution in [3.05, 3.63) is 0 Å². The number of carbonyl (C=O) groups excluding carboxylic acids is 2. The van der Waals surface area contributed by atoms with Gasteiger partial charge in [-0.1, -0.05) is 13.3 Å². The van der Waals surface area contributed by atoms with Crippen LogP contribution in [0.3, 0.4) is 0 Å². The summed E-state index contributed by atoms with van der Waals surface area (Å²) in [6, 6.07) is 0. The van der Waals surface area contributed by atoms with Gasteiger partial charge in [0.1, 0.15) is 6.29 Å². The van der Waals surface area contributed by atoms with Gasteiger partial charge in [-0.25, -0.2) is 4.79 Å². The molecule has 4 heteroatoms. The number of alkyl carbamates (subject to hydrolysis) is 1. The molecule has 0 aromatic carbocycles. The molecule has 13 heavy (non-hydrogen) atoms. The Morgan fingerprint density at radius 3 is 2.85 bits per heavy atom. The molecule has 0 fully saturated rings. The van der Waals surface area contributed by atoms with Gasteiger partial charge in [0.2, 0.25) is 0 Å². The number of nitrogens with one attached hydrogen (secondary N) is 1. The molecule has 0 aliphatic heterocycles. The highest BCUT2D eigenvalue weighted by molar-refractivity contribution is 5.67. The maximum absolute atomic E-state index is 10.9. The van der Waals surface area contributed by atoms with Gasteiger partial charge in [0.15, 0.2) is 0 Å². The molecule has 0 heterocycles. The molecule has 0 radical (unpaired) electrons. The molecule has 1 amide bonds. The first-order valence-corrected chi connectivity index (χ1v) is 4.65. The van der Waals surface area contributed by atoms with Gasteiger partial charge in [-0.05, 0) is 12.8 Å². The minimum atomic E-state index is -0.389. The Hall–Kier alpha value is -1.06. The Bertz CT molecular complexity index is 148. The lowest BCUT2D eigenvalue weighted by Crippen LogP contribution is -2.25. The van der Waals surface area contributed by atoms with Crippen molar-refractivity contribution in [2.24, 2.45) is 0 Å². The van der Waals surface area contributed by atoms with Crippen LogP contribution in [0.15, 0.2) is 0 Å². The predicted octanol–water partition coefficient (Wildman–Crippen LogP) is 1.49. The summed E-state index contributed by atoms with van der Waals surface area (Å²) in [7, 11) is 0. The maximum atomic E-state index is 10.9. The normalized spacial score (nSPS) is 9.31.